The molecule has 1 fully saturated rings. The van der Waals surface area contributed by atoms with Crippen LogP contribution in [0.1, 0.15) is 37.7 Å². The van der Waals surface area contributed by atoms with Crippen molar-refractivity contribution in [2.45, 2.75) is 32.1 Å². The number of nitrogens with one attached hydrogen (secondary N) is 1. The first-order valence-electron chi connectivity index (χ1n) is 12.0. The Morgan fingerprint density at radius 3 is 2.66 bits per heavy atom. The van der Waals surface area contributed by atoms with E-state index in [4.69, 9.17) is 9.47 Å². The quantitative estimate of drug-likeness (QED) is 0.262. The molecule has 1 aliphatic heterocycles. The Kier molecular flexibility index (Phi) is 7.75. The molecule has 0 amide bonds. The van der Waals surface area contributed by atoms with Crippen molar-refractivity contribution in [3.05, 3.63) is 71.6 Å². The minimum atomic E-state index is -1.00. The molecule has 0 aromatic heterocycles. The lowest BCUT2D eigenvalue weighted by Crippen LogP contribution is -2.26. The lowest BCUT2D eigenvalue weighted by atomic mass is 9.92. The van der Waals surface area contributed by atoms with E-state index in [0.29, 0.717) is 18.8 Å². The van der Waals surface area contributed by atoms with Crippen LogP contribution in [0.15, 0.2) is 71.0 Å². The number of hydrogen-bond donors (Lipinski definition) is 2. The highest BCUT2D eigenvalue weighted by Gasteiger charge is 2.23. The monoisotopic (exact) mass is 475 g/mol. The van der Waals surface area contributed by atoms with E-state index in [0.717, 1.165) is 47.4 Å². The Labute approximate surface area is 206 Å². The average Bonchev–Trinajstić information content (AvgIpc) is 3.70. The summed E-state index contributed by atoms with van der Waals surface area (Å²) >= 11 is 0. The summed E-state index contributed by atoms with van der Waals surface area (Å²) in [5, 5.41) is 12.7. The molecule has 4 rings (SSSR count). The second kappa shape index (κ2) is 11.1. The van der Waals surface area contributed by atoms with Crippen LogP contribution in [0.5, 0.6) is 11.5 Å². The third-order valence-corrected chi connectivity index (χ3v) is 6.55. The Morgan fingerprint density at radius 2 is 1.97 bits per heavy atom. The van der Waals surface area contributed by atoms with Crippen LogP contribution in [0.3, 0.4) is 0 Å². The smallest absolute Gasteiger partial charge is 0.337 e. The number of nitrogens with zero attached hydrogens (tertiary/aromatic N) is 2. The van der Waals surface area contributed by atoms with Gasteiger partial charge in [-0.1, -0.05) is 6.07 Å². The molecular weight excluding hydrogens is 442 g/mol. The Hall–Kier alpha value is -3.74. The number of benzene rings is 2. The number of carboxylic acid groups (broad SMARTS) is 1. The van der Waals surface area contributed by atoms with E-state index in [1.807, 2.05) is 19.2 Å². The van der Waals surface area contributed by atoms with Gasteiger partial charge in [0.15, 0.2) is 0 Å². The van der Waals surface area contributed by atoms with Crippen LogP contribution in [-0.2, 0) is 4.79 Å². The number of allylic oxidation sites excluding steroid dienone is 1. The molecule has 1 atom stereocenters. The van der Waals surface area contributed by atoms with Crippen LogP contribution in [0.25, 0.3) is 0 Å². The first-order valence-corrected chi connectivity index (χ1v) is 12.0. The molecule has 2 N–H and O–H groups in total. The minimum Gasteiger partial charge on any atom is -0.493 e. The van der Waals surface area contributed by atoms with Crippen LogP contribution < -0.4 is 19.7 Å². The molecule has 0 saturated heterocycles. The van der Waals surface area contributed by atoms with Crippen LogP contribution in [-0.4, -0.2) is 44.6 Å². The van der Waals surface area contributed by atoms with E-state index in [1.165, 1.54) is 25.1 Å². The maximum Gasteiger partial charge on any atom is 0.337 e. The number of anilines is 2. The molecule has 0 spiro atoms. The van der Waals surface area contributed by atoms with Crippen molar-refractivity contribution in [3.8, 4) is 11.5 Å². The Balaban J connectivity index is 1.43. The summed E-state index contributed by atoms with van der Waals surface area (Å²) in [6.45, 7) is 7.16. The SMILES string of the molecule is C=N/C=C\C(C(=O)O)=C(/C)NC[C@@H]1CCOc2cc(N(C)c3ccc(OCC4CC4)cc3)ccc21. The highest BCUT2D eigenvalue weighted by molar-refractivity contribution is 5.90. The fourth-order valence-electron chi connectivity index (χ4n) is 4.14. The molecule has 2 aromatic rings. The predicted molar refractivity (Wildman–Crippen MR) is 139 cm³/mol. The molecule has 0 radical (unpaired) electrons. The number of aliphatic imine (C=N–C) groups is 1. The number of ether oxygens (including phenoxy) is 2. The number of fused-ring (bicyclic) bond motifs is 1. The van der Waals surface area contributed by atoms with E-state index >= 15 is 0 Å². The first-order chi connectivity index (χ1) is 17.0. The molecule has 1 saturated carbocycles. The number of carboxylic acids is 1. The van der Waals surface area contributed by atoms with E-state index in [1.54, 1.807) is 6.92 Å². The van der Waals surface area contributed by atoms with Gasteiger partial charge >= 0.3 is 5.97 Å². The Bertz CT molecular complexity index is 1120. The number of hydrogen-bond acceptors (Lipinski definition) is 6. The summed E-state index contributed by atoms with van der Waals surface area (Å²) < 4.78 is 11.8. The van der Waals surface area contributed by atoms with Crippen LogP contribution in [0.2, 0.25) is 0 Å². The maximum atomic E-state index is 11.6. The van der Waals surface area contributed by atoms with Crippen molar-refractivity contribution >= 4 is 24.1 Å². The largest absolute Gasteiger partial charge is 0.493 e. The lowest BCUT2D eigenvalue weighted by Gasteiger charge is -2.29. The van der Waals surface area contributed by atoms with E-state index < -0.39 is 5.97 Å². The summed E-state index contributed by atoms with van der Waals surface area (Å²) in [5.41, 5.74) is 3.99. The van der Waals surface area contributed by atoms with Gasteiger partial charge in [0.1, 0.15) is 11.5 Å². The Morgan fingerprint density at radius 1 is 1.23 bits per heavy atom. The molecule has 7 nitrogen and oxygen atoms in total. The second-order valence-corrected chi connectivity index (χ2v) is 9.09. The molecule has 2 aliphatic rings. The fraction of sp³-hybridized carbons (Fsp3) is 0.357. The molecule has 2 aromatic carbocycles. The highest BCUT2D eigenvalue weighted by atomic mass is 16.5. The zero-order valence-electron chi connectivity index (χ0n) is 20.4. The van der Waals surface area contributed by atoms with Gasteiger partial charge in [-0.2, -0.15) is 0 Å². The minimum absolute atomic E-state index is 0.172. The van der Waals surface area contributed by atoms with Crippen molar-refractivity contribution in [1.82, 2.24) is 5.32 Å². The van der Waals surface area contributed by atoms with Crippen molar-refractivity contribution in [2.24, 2.45) is 10.9 Å². The van der Waals surface area contributed by atoms with Crippen LogP contribution in [0, 0.1) is 5.92 Å². The van der Waals surface area contributed by atoms with E-state index in [9.17, 15) is 9.90 Å². The molecular formula is C28H33N3O4. The molecule has 0 unspecified atom stereocenters. The molecule has 184 valence electrons. The molecule has 0 bridgehead atoms. The summed E-state index contributed by atoms with van der Waals surface area (Å²) in [7, 11) is 2.04. The standard InChI is InChI=1S/C28H33N3O4/c1-19(25(28(32)33)12-14-29-2)30-17-21-13-15-34-27-16-23(8-11-26(21)27)31(3)22-6-9-24(10-7-22)35-18-20-4-5-20/h6-12,14,16,20-21,30H,2,4-5,13,15,17-18H2,1,3H3,(H,32,33)/b14-12-,25-19-/t21-/m0/s1. The number of aliphatic carboxylic acids is 1. The summed E-state index contributed by atoms with van der Waals surface area (Å²) in [6, 6.07) is 14.5. The molecule has 1 aliphatic carbocycles. The van der Waals surface area contributed by atoms with Gasteiger partial charge in [0.2, 0.25) is 0 Å². The van der Waals surface area contributed by atoms with Crippen molar-refractivity contribution < 1.29 is 19.4 Å². The second-order valence-electron chi connectivity index (χ2n) is 9.09. The first kappa shape index (κ1) is 24.4. The topological polar surface area (TPSA) is 83.4 Å². The van der Waals surface area contributed by atoms with Crippen molar-refractivity contribution in [1.29, 1.82) is 0 Å². The van der Waals surface area contributed by atoms with Crippen LogP contribution >= 0.6 is 0 Å². The molecule has 1 heterocycles. The van der Waals surface area contributed by atoms with Gasteiger partial charge in [0.05, 0.1) is 18.8 Å². The van der Waals surface area contributed by atoms with E-state index in [2.05, 4.69) is 52.3 Å². The summed E-state index contributed by atoms with van der Waals surface area (Å²) in [4.78, 5) is 17.3. The third kappa shape index (κ3) is 6.23. The van der Waals surface area contributed by atoms with Gasteiger partial charge in [-0.3, -0.25) is 4.99 Å². The van der Waals surface area contributed by atoms with Gasteiger partial charge in [-0.25, -0.2) is 4.79 Å². The summed E-state index contributed by atoms with van der Waals surface area (Å²) in [5.74, 6) is 1.72. The third-order valence-electron chi connectivity index (χ3n) is 6.55. The summed E-state index contributed by atoms with van der Waals surface area (Å²) in [6.07, 6.45) is 6.25. The number of carbonyl (C=O) groups is 1. The molecule has 7 heteroatoms. The van der Waals surface area contributed by atoms with Crippen molar-refractivity contribution in [3.63, 3.8) is 0 Å². The van der Waals surface area contributed by atoms with Crippen molar-refractivity contribution in [2.75, 3.05) is 31.7 Å². The number of rotatable bonds is 11. The zero-order chi connectivity index (χ0) is 24.8. The highest BCUT2D eigenvalue weighted by Crippen LogP contribution is 2.38. The fourth-order valence-corrected chi connectivity index (χ4v) is 4.14. The molecule has 35 heavy (non-hydrogen) atoms. The average molecular weight is 476 g/mol. The van der Waals surface area contributed by atoms with Crippen LogP contribution in [0.4, 0.5) is 11.4 Å². The van der Waals surface area contributed by atoms with E-state index in [-0.39, 0.29) is 11.5 Å². The predicted octanol–water partition coefficient (Wildman–Crippen LogP) is 5.27. The van der Waals surface area contributed by atoms with Gasteiger partial charge in [-0.15, -0.1) is 0 Å². The van der Waals surface area contributed by atoms with Gasteiger partial charge in [0.25, 0.3) is 0 Å². The van der Waals surface area contributed by atoms with Gasteiger partial charge in [-0.05, 0) is 80.8 Å². The van der Waals surface area contributed by atoms with Gasteiger partial charge < -0.3 is 24.8 Å². The van der Waals surface area contributed by atoms with Gasteiger partial charge in [0, 0.05) is 48.8 Å². The normalized spacial score (nSPS) is 17.7. The zero-order valence-corrected chi connectivity index (χ0v) is 20.4. The maximum absolute atomic E-state index is 11.6. The lowest BCUT2D eigenvalue weighted by molar-refractivity contribution is -0.132.